The minimum atomic E-state index is 0.402. The number of rotatable bonds is 3. The second-order valence-electron chi connectivity index (χ2n) is 5.78. The highest BCUT2D eigenvalue weighted by Crippen LogP contribution is 2.38. The van der Waals surface area contributed by atoms with Crippen molar-refractivity contribution in [3.8, 4) is 22.3 Å². The topological polar surface area (TPSA) is 55.5 Å². The second kappa shape index (κ2) is 6.05. The molecule has 3 rings (SSSR count). The van der Waals surface area contributed by atoms with Crippen LogP contribution in [0.25, 0.3) is 22.3 Å². The van der Waals surface area contributed by atoms with Crippen LogP contribution in [0, 0.1) is 18.8 Å². The molecule has 0 fully saturated rings. The molecule has 114 valence electrons. The molecule has 2 N–H and O–H groups in total. The van der Waals surface area contributed by atoms with Gasteiger partial charge in [-0.2, -0.15) is 0 Å². The van der Waals surface area contributed by atoms with Gasteiger partial charge >= 0.3 is 0 Å². The Morgan fingerprint density at radius 1 is 0.739 bits per heavy atom. The van der Waals surface area contributed by atoms with Crippen LogP contribution in [0.3, 0.4) is 0 Å². The van der Waals surface area contributed by atoms with E-state index in [9.17, 15) is 4.91 Å². The first-order chi connectivity index (χ1) is 11.1. The van der Waals surface area contributed by atoms with E-state index in [1.165, 1.54) is 11.1 Å². The number of nitroso groups, excluding NO2 is 1. The molecule has 0 aromatic heterocycles. The Labute approximate surface area is 135 Å². The minimum Gasteiger partial charge on any atom is -0.398 e. The molecule has 0 spiro atoms. The van der Waals surface area contributed by atoms with Crippen LogP contribution in [0.1, 0.15) is 11.1 Å². The summed E-state index contributed by atoms with van der Waals surface area (Å²) in [6, 6.07) is 19.6. The molecule has 3 aromatic rings. The molecule has 0 unspecified atom stereocenters. The number of anilines is 1. The maximum atomic E-state index is 11.3. The molecule has 0 aliphatic rings. The average Bonchev–Trinajstić information content (AvgIpc) is 2.56. The summed E-state index contributed by atoms with van der Waals surface area (Å²) in [4.78, 5) is 11.3. The summed E-state index contributed by atoms with van der Waals surface area (Å²) in [5.41, 5.74) is 13.1. The van der Waals surface area contributed by atoms with E-state index in [4.69, 9.17) is 5.73 Å². The molecule has 0 atom stereocenters. The number of nitrogens with zero attached hydrogens (tertiary/aromatic N) is 1. The van der Waals surface area contributed by atoms with Crippen LogP contribution >= 0.6 is 0 Å². The van der Waals surface area contributed by atoms with Crippen molar-refractivity contribution in [1.29, 1.82) is 0 Å². The predicted octanol–water partition coefficient (Wildman–Crippen LogP) is 5.62. The van der Waals surface area contributed by atoms with Gasteiger partial charge < -0.3 is 5.73 Å². The summed E-state index contributed by atoms with van der Waals surface area (Å²) in [7, 11) is 0. The minimum absolute atomic E-state index is 0.402. The van der Waals surface area contributed by atoms with Crippen molar-refractivity contribution in [3.05, 3.63) is 76.7 Å². The molecule has 3 aromatic carbocycles. The summed E-state index contributed by atoms with van der Waals surface area (Å²) in [5, 5.41) is 3.21. The third-order valence-electron chi connectivity index (χ3n) is 3.99. The zero-order valence-electron chi connectivity index (χ0n) is 13.2. The summed E-state index contributed by atoms with van der Waals surface area (Å²) >= 11 is 0. The van der Waals surface area contributed by atoms with Crippen LogP contribution in [0.5, 0.6) is 0 Å². The fourth-order valence-corrected chi connectivity index (χ4v) is 2.63. The number of benzene rings is 3. The monoisotopic (exact) mass is 302 g/mol. The van der Waals surface area contributed by atoms with E-state index in [2.05, 4.69) is 5.18 Å². The fraction of sp³-hybridized carbons (Fsp3) is 0.100. The zero-order valence-corrected chi connectivity index (χ0v) is 13.2. The SMILES string of the molecule is Cc1ccc(-c2cc(N=O)c(-c3ccc(C)cc3)cc2N)cc1. The molecule has 0 radical (unpaired) electrons. The first-order valence-electron chi connectivity index (χ1n) is 7.49. The second-order valence-corrected chi connectivity index (χ2v) is 5.78. The highest BCUT2D eigenvalue weighted by molar-refractivity contribution is 5.88. The van der Waals surface area contributed by atoms with Crippen LogP contribution in [0.2, 0.25) is 0 Å². The number of nitrogens with two attached hydrogens (primary N) is 1. The standard InChI is InChI=1S/C20H18N2O/c1-13-3-7-15(8-4-13)17-12-20(22-23)18(11-19(17)21)16-9-5-14(2)6-10-16/h3-12H,21H2,1-2H3. The van der Waals surface area contributed by atoms with Crippen molar-refractivity contribution in [1.82, 2.24) is 0 Å². The van der Waals surface area contributed by atoms with Crippen LogP contribution in [-0.2, 0) is 0 Å². The Morgan fingerprint density at radius 3 is 1.70 bits per heavy atom. The summed E-state index contributed by atoms with van der Waals surface area (Å²) < 4.78 is 0. The van der Waals surface area contributed by atoms with Crippen molar-refractivity contribution in [2.75, 3.05) is 5.73 Å². The number of hydrogen-bond donors (Lipinski definition) is 1. The molecule has 0 aliphatic heterocycles. The van der Waals surface area contributed by atoms with E-state index in [1.807, 2.05) is 68.4 Å². The molecule has 0 bridgehead atoms. The molecule has 0 saturated heterocycles. The molecular formula is C20H18N2O. The Hall–Kier alpha value is -2.94. The van der Waals surface area contributed by atoms with E-state index >= 15 is 0 Å². The molecule has 0 heterocycles. The maximum Gasteiger partial charge on any atom is 0.116 e. The van der Waals surface area contributed by atoms with Gasteiger partial charge in [0.1, 0.15) is 5.69 Å². The maximum absolute atomic E-state index is 11.3. The highest BCUT2D eigenvalue weighted by atomic mass is 16.3. The lowest BCUT2D eigenvalue weighted by Crippen LogP contribution is -1.92. The van der Waals surface area contributed by atoms with Gasteiger partial charge in [-0.15, -0.1) is 4.91 Å². The predicted molar refractivity (Wildman–Crippen MR) is 96.7 cm³/mol. The largest absolute Gasteiger partial charge is 0.398 e. The lowest BCUT2D eigenvalue weighted by molar-refractivity contribution is 1.44. The van der Waals surface area contributed by atoms with Gasteiger partial charge in [0.2, 0.25) is 0 Å². The molecule has 3 nitrogen and oxygen atoms in total. The van der Waals surface area contributed by atoms with Gasteiger partial charge in [-0.25, -0.2) is 0 Å². The van der Waals surface area contributed by atoms with Gasteiger partial charge in [-0.3, -0.25) is 0 Å². The van der Waals surface area contributed by atoms with E-state index < -0.39 is 0 Å². The van der Waals surface area contributed by atoms with Gasteiger partial charge in [0.15, 0.2) is 0 Å². The number of nitrogen functional groups attached to an aromatic ring is 1. The highest BCUT2D eigenvalue weighted by Gasteiger charge is 2.12. The van der Waals surface area contributed by atoms with Crippen molar-refractivity contribution in [2.24, 2.45) is 5.18 Å². The Kier molecular flexibility index (Phi) is 3.94. The summed E-state index contributed by atoms with van der Waals surface area (Å²) in [5.74, 6) is 0. The zero-order chi connectivity index (χ0) is 16.4. The lowest BCUT2D eigenvalue weighted by Gasteiger charge is -2.11. The molecule has 0 aliphatic carbocycles. The average molecular weight is 302 g/mol. The van der Waals surface area contributed by atoms with Gasteiger partial charge in [0.25, 0.3) is 0 Å². The van der Waals surface area contributed by atoms with Crippen LogP contribution < -0.4 is 5.73 Å². The van der Waals surface area contributed by atoms with Crippen LogP contribution in [-0.4, -0.2) is 0 Å². The lowest BCUT2D eigenvalue weighted by atomic mass is 9.96. The Bertz CT molecular complexity index is 850. The molecular weight excluding hydrogens is 284 g/mol. The first kappa shape index (κ1) is 15.0. The van der Waals surface area contributed by atoms with Crippen LogP contribution in [0.4, 0.5) is 11.4 Å². The smallest absolute Gasteiger partial charge is 0.116 e. The quantitative estimate of drug-likeness (QED) is 0.504. The first-order valence-corrected chi connectivity index (χ1v) is 7.49. The molecule has 23 heavy (non-hydrogen) atoms. The van der Waals surface area contributed by atoms with Crippen molar-refractivity contribution in [2.45, 2.75) is 13.8 Å². The third-order valence-corrected chi connectivity index (χ3v) is 3.99. The third kappa shape index (κ3) is 2.99. The van der Waals surface area contributed by atoms with Crippen molar-refractivity contribution in [3.63, 3.8) is 0 Å². The summed E-state index contributed by atoms with van der Waals surface area (Å²) in [6.45, 7) is 4.06. The summed E-state index contributed by atoms with van der Waals surface area (Å²) in [6.07, 6.45) is 0. The molecule has 0 saturated carbocycles. The molecule has 3 heteroatoms. The van der Waals surface area contributed by atoms with E-state index in [0.29, 0.717) is 11.4 Å². The van der Waals surface area contributed by atoms with Gasteiger partial charge in [0.05, 0.1) is 0 Å². The fourth-order valence-electron chi connectivity index (χ4n) is 2.63. The van der Waals surface area contributed by atoms with E-state index in [0.717, 1.165) is 22.3 Å². The Morgan fingerprint density at radius 2 is 1.22 bits per heavy atom. The van der Waals surface area contributed by atoms with E-state index in [-0.39, 0.29) is 0 Å². The van der Waals surface area contributed by atoms with Gasteiger partial charge in [0, 0.05) is 16.8 Å². The van der Waals surface area contributed by atoms with Gasteiger partial charge in [-0.05, 0) is 42.3 Å². The Balaban J connectivity index is 2.14. The number of hydrogen-bond acceptors (Lipinski definition) is 3. The van der Waals surface area contributed by atoms with Crippen molar-refractivity contribution < 1.29 is 0 Å². The van der Waals surface area contributed by atoms with Crippen molar-refractivity contribution >= 4 is 11.4 Å². The van der Waals surface area contributed by atoms with Crippen LogP contribution in [0.15, 0.2) is 65.8 Å². The normalized spacial score (nSPS) is 10.5. The van der Waals surface area contributed by atoms with E-state index in [1.54, 1.807) is 6.07 Å². The molecule has 0 amide bonds. The number of aryl methyl sites for hydroxylation is 2. The van der Waals surface area contributed by atoms with Gasteiger partial charge in [-0.1, -0.05) is 59.7 Å².